The Hall–Kier alpha value is -5.80. The van der Waals surface area contributed by atoms with Crippen molar-refractivity contribution in [3.8, 4) is 22.3 Å². The number of benzene rings is 8. The molecule has 8 aromatic rings. The highest BCUT2D eigenvalue weighted by atomic mass is 15.2. The SMILES string of the molecule is c1ccc(-c2cccc(N3c4cccc5c4B4c6c3ccc3c7ccccc7c7cccc(c7c63)N4c3ccccc3-5)c2)cc1. The summed E-state index contributed by atoms with van der Waals surface area (Å²) in [5, 5.41) is 8.04. The van der Waals surface area contributed by atoms with Crippen molar-refractivity contribution < 1.29 is 0 Å². The molecule has 0 saturated carbocycles. The van der Waals surface area contributed by atoms with E-state index in [2.05, 4.69) is 161 Å². The van der Waals surface area contributed by atoms with Gasteiger partial charge in [0.1, 0.15) is 0 Å². The molecule has 45 heavy (non-hydrogen) atoms. The molecule has 0 fully saturated rings. The van der Waals surface area contributed by atoms with Crippen LogP contribution in [0.15, 0.2) is 152 Å². The number of nitrogens with zero attached hydrogens (tertiary/aromatic N) is 2. The van der Waals surface area contributed by atoms with E-state index in [4.69, 9.17) is 0 Å². The number of anilines is 5. The standard InChI is InChI=1S/C42H25BN2/c1-2-11-26(12-3-1)27-13-8-14-28(25-27)44-37-22-10-19-34-31-17-6-7-20-35(31)45-36-21-9-18-32-29-15-4-5-16-30(29)33-23-24-38(44)42(40(33)39(32)36)43(45)41(34)37/h1-25H. The summed E-state index contributed by atoms with van der Waals surface area (Å²) in [6, 6.07) is 56.2. The van der Waals surface area contributed by atoms with Crippen LogP contribution in [0.25, 0.3) is 54.6 Å². The van der Waals surface area contributed by atoms with Crippen molar-refractivity contribution in [2.75, 3.05) is 9.71 Å². The molecular weight excluding hydrogens is 543 g/mol. The van der Waals surface area contributed by atoms with Crippen molar-refractivity contribution in [2.45, 2.75) is 0 Å². The number of hydrogen-bond acceptors (Lipinski definition) is 2. The quantitative estimate of drug-likeness (QED) is 0.151. The zero-order chi connectivity index (χ0) is 29.2. The molecule has 11 rings (SSSR count). The maximum absolute atomic E-state index is 2.64. The van der Waals surface area contributed by atoms with Crippen LogP contribution in [0, 0.1) is 0 Å². The average molecular weight is 568 g/mol. The molecule has 0 N–H and O–H groups in total. The highest BCUT2D eigenvalue weighted by molar-refractivity contribution is 6.96. The van der Waals surface area contributed by atoms with Gasteiger partial charge in [-0.05, 0) is 90.9 Å². The van der Waals surface area contributed by atoms with Gasteiger partial charge in [-0.3, -0.25) is 0 Å². The number of fused-ring (bicyclic) bond motifs is 7. The number of rotatable bonds is 2. The minimum absolute atomic E-state index is 0.0811. The van der Waals surface area contributed by atoms with Gasteiger partial charge in [0.25, 0.3) is 0 Å². The van der Waals surface area contributed by atoms with Crippen LogP contribution in [0.2, 0.25) is 0 Å². The van der Waals surface area contributed by atoms with Gasteiger partial charge in [0.2, 0.25) is 0 Å². The molecule has 3 aliphatic rings. The fraction of sp³-hybridized carbons (Fsp3) is 0. The molecule has 0 radical (unpaired) electrons. The molecule has 2 nitrogen and oxygen atoms in total. The van der Waals surface area contributed by atoms with Crippen molar-refractivity contribution >= 4 is 78.5 Å². The third-order valence-corrected chi connectivity index (χ3v) is 10.3. The van der Waals surface area contributed by atoms with E-state index in [-0.39, 0.29) is 6.85 Å². The lowest BCUT2D eigenvalue weighted by molar-refractivity contribution is 1.27. The predicted molar refractivity (Wildman–Crippen MR) is 192 cm³/mol. The van der Waals surface area contributed by atoms with Crippen LogP contribution in [-0.4, -0.2) is 6.85 Å². The first-order valence-electron chi connectivity index (χ1n) is 15.7. The zero-order valence-corrected chi connectivity index (χ0v) is 24.4. The van der Waals surface area contributed by atoms with Crippen molar-refractivity contribution in [2.24, 2.45) is 0 Å². The van der Waals surface area contributed by atoms with Crippen LogP contribution in [0.4, 0.5) is 28.4 Å². The van der Waals surface area contributed by atoms with Crippen LogP contribution in [0.5, 0.6) is 0 Å². The van der Waals surface area contributed by atoms with Gasteiger partial charge in [-0.15, -0.1) is 0 Å². The Morgan fingerprint density at radius 3 is 1.89 bits per heavy atom. The summed E-state index contributed by atoms with van der Waals surface area (Å²) >= 11 is 0. The van der Waals surface area contributed by atoms with Crippen LogP contribution < -0.4 is 20.6 Å². The van der Waals surface area contributed by atoms with E-state index >= 15 is 0 Å². The summed E-state index contributed by atoms with van der Waals surface area (Å²) in [5.74, 6) is 0. The Morgan fingerprint density at radius 1 is 0.378 bits per heavy atom. The van der Waals surface area contributed by atoms with Gasteiger partial charge in [0.05, 0.1) is 0 Å². The molecule has 0 saturated heterocycles. The van der Waals surface area contributed by atoms with Crippen LogP contribution in [0.3, 0.4) is 0 Å². The van der Waals surface area contributed by atoms with Gasteiger partial charge in [0, 0.05) is 39.4 Å². The summed E-state index contributed by atoms with van der Waals surface area (Å²) < 4.78 is 0. The summed E-state index contributed by atoms with van der Waals surface area (Å²) in [7, 11) is 0. The maximum Gasteiger partial charge on any atom is 0.333 e. The van der Waals surface area contributed by atoms with Crippen molar-refractivity contribution in [1.29, 1.82) is 0 Å². The van der Waals surface area contributed by atoms with Gasteiger partial charge in [-0.1, -0.05) is 115 Å². The smallest absolute Gasteiger partial charge is 0.333 e. The lowest BCUT2D eigenvalue weighted by Gasteiger charge is -2.48. The van der Waals surface area contributed by atoms with Gasteiger partial charge in [-0.2, -0.15) is 0 Å². The van der Waals surface area contributed by atoms with Crippen molar-refractivity contribution in [3.05, 3.63) is 152 Å². The molecule has 0 amide bonds. The third kappa shape index (κ3) is 2.91. The summed E-state index contributed by atoms with van der Waals surface area (Å²) in [4.78, 5) is 5.17. The lowest BCUT2D eigenvalue weighted by Crippen LogP contribution is -2.62. The molecule has 8 aromatic carbocycles. The molecule has 0 spiro atoms. The molecule has 0 aliphatic carbocycles. The minimum atomic E-state index is 0.0811. The molecule has 206 valence electrons. The first-order chi connectivity index (χ1) is 22.4. The molecule has 0 atom stereocenters. The Kier molecular flexibility index (Phi) is 4.43. The van der Waals surface area contributed by atoms with E-state index in [0.717, 1.165) is 0 Å². The Balaban J connectivity index is 1.34. The van der Waals surface area contributed by atoms with Crippen molar-refractivity contribution in [1.82, 2.24) is 0 Å². The number of hydrogen-bond donors (Lipinski definition) is 0. The first kappa shape index (κ1) is 23.6. The zero-order valence-electron chi connectivity index (χ0n) is 24.4. The van der Waals surface area contributed by atoms with E-state index in [0.29, 0.717) is 0 Å². The summed E-state index contributed by atoms with van der Waals surface area (Å²) in [5.41, 5.74) is 14.1. The molecule has 3 heteroatoms. The van der Waals surface area contributed by atoms with E-state index in [9.17, 15) is 0 Å². The first-order valence-corrected chi connectivity index (χ1v) is 15.7. The fourth-order valence-corrected chi connectivity index (χ4v) is 8.61. The third-order valence-electron chi connectivity index (χ3n) is 10.3. The highest BCUT2D eigenvalue weighted by Crippen LogP contribution is 2.52. The second-order valence-corrected chi connectivity index (χ2v) is 12.4. The van der Waals surface area contributed by atoms with E-state index in [1.54, 1.807) is 0 Å². The average Bonchev–Trinajstić information content (AvgIpc) is 3.12. The van der Waals surface area contributed by atoms with Crippen LogP contribution >= 0.6 is 0 Å². The van der Waals surface area contributed by atoms with Crippen LogP contribution in [0.1, 0.15) is 0 Å². The summed E-state index contributed by atoms with van der Waals surface area (Å²) in [6.07, 6.45) is 0. The second kappa shape index (κ2) is 8.43. The molecular formula is C42H25BN2. The highest BCUT2D eigenvalue weighted by Gasteiger charge is 2.48. The normalized spacial score (nSPS) is 13.6. The van der Waals surface area contributed by atoms with Gasteiger partial charge in [-0.25, -0.2) is 0 Å². The van der Waals surface area contributed by atoms with E-state index < -0.39 is 0 Å². The number of para-hydroxylation sites is 1. The Labute approximate surface area is 261 Å². The van der Waals surface area contributed by atoms with E-state index in [1.165, 1.54) is 93.9 Å². The predicted octanol–water partition coefficient (Wildman–Crippen LogP) is 9.83. The van der Waals surface area contributed by atoms with Gasteiger partial charge < -0.3 is 9.71 Å². The lowest BCUT2D eigenvalue weighted by atomic mass is 9.41. The fourth-order valence-electron chi connectivity index (χ4n) is 8.61. The largest absolute Gasteiger partial charge is 0.376 e. The van der Waals surface area contributed by atoms with Crippen LogP contribution in [-0.2, 0) is 0 Å². The maximum atomic E-state index is 2.64. The monoisotopic (exact) mass is 568 g/mol. The Bertz CT molecular complexity index is 2570. The summed E-state index contributed by atoms with van der Waals surface area (Å²) in [6.45, 7) is 0.0811. The molecule has 0 aromatic heterocycles. The van der Waals surface area contributed by atoms with E-state index in [1.807, 2.05) is 0 Å². The molecule has 3 heterocycles. The Morgan fingerprint density at radius 2 is 1.00 bits per heavy atom. The topological polar surface area (TPSA) is 6.48 Å². The second-order valence-electron chi connectivity index (χ2n) is 12.4. The molecule has 3 aliphatic heterocycles. The molecule has 0 unspecified atom stereocenters. The van der Waals surface area contributed by atoms with Crippen molar-refractivity contribution in [3.63, 3.8) is 0 Å². The van der Waals surface area contributed by atoms with Gasteiger partial charge >= 0.3 is 6.85 Å². The minimum Gasteiger partial charge on any atom is -0.376 e. The molecule has 0 bridgehead atoms. The van der Waals surface area contributed by atoms with Gasteiger partial charge in [0.15, 0.2) is 0 Å².